The molecule has 6 atom stereocenters. The molecule has 0 spiro atoms. The molecule has 0 amide bonds. The van der Waals surface area contributed by atoms with Gasteiger partial charge in [0.05, 0.1) is 19.8 Å². The fraction of sp³-hybridized carbons (Fsp3) is 0.500. The number of aliphatic hydroxyl groups is 1. The Morgan fingerprint density at radius 3 is 2.68 bits per heavy atom. The van der Waals surface area contributed by atoms with Crippen LogP contribution in [0.3, 0.4) is 0 Å². The van der Waals surface area contributed by atoms with Gasteiger partial charge in [0.15, 0.2) is 6.23 Å². The number of carbonyl (C=O) groups is 1. The molecule has 0 bridgehead atoms. The number of aromatic nitrogens is 2. The van der Waals surface area contributed by atoms with Crippen LogP contribution in [0.2, 0.25) is 0 Å². The number of hydrogen-bond acceptors (Lipinski definition) is 9. The molecule has 0 saturated carbocycles. The molecule has 3 rings (SSSR count). The number of hydrogen-bond donors (Lipinski definition) is 3. The van der Waals surface area contributed by atoms with Crippen molar-refractivity contribution in [3.8, 4) is 0 Å². The highest BCUT2D eigenvalue weighted by Crippen LogP contribution is 2.48. The zero-order chi connectivity index (χ0) is 27.2. The van der Waals surface area contributed by atoms with E-state index in [0.29, 0.717) is 16.6 Å². The normalized spacial score (nSPS) is 25.9. The summed E-state index contributed by atoms with van der Waals surface area (Å²) < 4.78 is 50.8. The van der Waals surface area contributed by atoms with Gasteiger partial charge >= 0.3 is 19.4 Å². The summed E-state index contributed by atoms with van der Waals surface area (Å²) in [7, 11) is -4.28. The SMILES string of the molecule is CCCOC(=O)[C@H](C)NP(=O)(OCc1ccccc1)OC[C@H]1O[C@@H](n2ccc(=O)[nH]c2=O)[C@@](F)(Cl)[C@@H]1O. The Labute approximate surface area is 216 Å². The summed E-state index contributed by atoms with van der Waals surface area (Å²) in [6.45, 7) is 2.48. The standard InChI is InChI=1S/C22H28ClFN3O9P/c1-3-11-33-19(30)14(2)26-37(32,34-12-15-7-5-4-6-8-15)35-13-16-18(29)22(23,24)20(36-16)27-10-9-17(28)25-21(27)31/h4-10,14,16,18,20,29H,3,11-13H2,1-2H3,(H,26,32)(H,25,28,31)/t14-,16+,18+,20+,22+,37?/m0/s1. The molecular weight excluding hydrogens is 536 g/mol. The number of rotatable bonds is 12. The summed E-state index contributed by atoms with van der Waals surface area (Å²) in [5.41, 5.74) is -1.10. The van der Waals surface area contributed by atoms with Crippen molar-refractivity contribution >= 4 is 25.3 Å². The second-order valence-corrected chi connectivity index (χ2v) is 10.6. The summed E-state index contributed by atoms with van der Waals surface area (Å²) >= 11 is 5.86. The molecule has 204 valence electrons. The van der Waals surface area contributed by atoms with Crippen LogP contribution < -0.4 is 16.3 Å². The Bertz CT molecular complexity index is 1230. The molecule has 1 aliphatic heterocycles. The van der Waals surface area contributed by atoms with Gasteiger partial charge in [0.2, 0.25) is 0 Å². The summed E-state index contributed by atoms with van der Waals surface area (Å²) in [6.07, 6.45) is -3.85. The van der Waals surface area contributed by atoms with Crippen molar-refractivity contribution in [3.63, 3.8) is 0 Å². The van der Waals surface area contributed by atoms with Crippen molar-refractivity contribution in [2.75, 3.05) is 13.2 Å². The lowest BCUT2D eigenvalue weighted by molar-refractivity contribution is -0.145. The predicted molar refractivity (Wildman–Crippen MR) is 130 cm³/mol. The van der Waals surface area contributed by atoms with Gasteiger partial charge in [0.25, 0.3) is 10.7 Å². The van der Waals surface area contributed by atoms with Gasteiger partial charge < -0.3 is 14.6 Å². The van der Waals surface area contributed by atoms with Crippen molar-refractivity contribution < 1.29 is 37.4 Å². The molecule has 2 aromatic rings. The van der Waals surface area contributed by atoms with E-state index in [4.69, 9.17) is 30.1 Å². The van der Waals surface area contributed by atoms with Crippen molar-refractivity contribution in [2.24, 2.45) is 0 Å². The molecule has 3 N–H and O–H groups in total. The third-order valence-corrected chi connectivity index (χ3v) is 7.36. The Kier molecular flexibility index (Phi) is 9.81. The molecule has 1 aromatic heterocycles. The monoisotopic (exact) mass is 563 g/mol. The number of aliphatic hydroxyl groups excluding tert-OH is 1. The lowest BCUT2D eigenvalue weighted by Crippen LogP contribution is -2.42. The maximum atomic E-state index is 15.2. The molecule has 37 heavy (non-hydrogen) atoms. The Balaban J connectivity index is 1.76. The first-order chi connectivity index (χ1) is 17.5. The fourth-order valence-corrected chi connectivity index (χ4v) is 5.12. The number of carbonyl (C=O) groups excluding carboxylic acids is 1. The van der Waals surface area contributed by atoms with Gasteiger partial charge in [-0.25, -0.2) is 18.8 Å². The number of nitrogens with zero attached hydrogens (tertiary/aromatic N) is 1. The summed E-state index contributed by atoms with van der Waals surface area (Å²) in [5.74, 6) is -0.702. The largest absolute Gasteiger partial charge is 0.465 e. The number of aromatic amines is 1. The summed E-state index contributed by atoms with van der Waals surface area (Å²) in [4.78, 5) is 37.6. The van der Waals surface area contributed by atoms with E-state index in [1.807, 2.05) is 11.9 Å². The van der Waals surface area contributed by atoms with E-state index < -0.39 is 61.2 Å². The molecule has 2 heterocycles. The highest BCUT2D eigenvalue weighted by molar-refractivity contribution is 7.51. The van der Waals surface area contributed by atoms with Crippen molar-refractivity contribution in [1.82, 2.24) is 14.6 Å². The molecule has 15 heteroatoms. The van der Waals surface area contributed by atoms with E-state index in [0.717, 1.165) is 12.3 Å². The third kappa shape index (κ3) is 7.35. The fourth-order valence-electron chi connectivity index (χ4n) is 3.35. The zero-order valence-corrected chi connectivity index (χ0v) is 21.7. The number of ether oxygens (including phenoxy) is 2. The van der Waals surface area contributed by atoms with Crippen LogP contribution in [-0.2, 0) is 34.5 Å². The van der Waals surface area contributed by atoms with Gasteiger partial charge in [-0.05, 0) is 18.9 Å². The first-order valence-corrected chi connectivity index (χ1v) is 13.3. The van der Waals surface area contributed by atoms with Crippen LogP contribution in [0.25, 0.3) is 0 Å². The van der Waals surface area contributed by atoms with E-state index in [9.17, 15) is 24.1 Å². The van der Waals surface area contributed by atoms with Gasteiger partial charge in [-0.1, -0.05) is 48.9 Å². The highest BCUT2D eigenvalue weighted by Gasteiger charge is 2.58. The van der Waals surface area contributed by atoms with Crippen molar-refractivity contribution in [1.29, 1.82) is 0 Å². The quantitative estimate of drug-likeness (QED) is 0.198. The van der Waals surface area contributed by atoms with E-state index in [1.54, 1.807) is 30.3 Å². The van der Waals surface area contributed by atoms with E-state index >= 15 is 4.39 Å². The maximum absolute atomic E-state index is 15.2. The first kappa shape index (κ1) is 29.2. The third-order valence-electron chi connectivity index (χ3n) is 5.29. The molecule has 0 radical (unpaired) electrons. The minimum atomic E-state index is -4.28. The second-order valence-electron chi connectivity index (χ2n) is 8.23. The number of H-pyrrole nitrogens is 1. The van der Waals surface area contributed by atoms with Crippen LogP contribution >= 0.6 is 19.3 Å². The van der Waals surface area contributed by atoms with Gasteiger partial charge in [0, 0.05) is 12.3 Å². The van der Waals surface area contributed by atoms with Crippen LogP contribution in [0.1, 0.15) is 32.1 Å². The lowest BCUT2D eigenvalue weighted by atomic mass is 10.1. The van der Waals surface area contributed by atoms with Crippen LogP contribution in [0.15, 0.2) is 52.2 Å². The number of esters is 1. The minimum Gasteiger partial charge on any atom is -0.465 e. The van der Waals surface area contributed by atoms with E-state index in [-0.39, 0.29) is 13.2 Å². The predicted octanol–water partition coefficient (Wildman–Crippen LogP) is 1.97. The number of nitrogens with one attached hydrogen (secondary N) is 2. The van der Waals surface area contributed by atoms with Gasteiger partial charge in [0.1, 0.15) is 18.2 Å². The first-order valence-electron chi connectivity index (χ1n) is 11.4. The maximum Gasteiger partial charge on any atom is 0.406 e. The molecule has 0 aliphatic carbocycles. The summed E-state index contributed by atoms with van der Waals surface area (Å²) in [6, 6.07) is 8.53. The van der Waals surface area contributed by atoms with Crippen LogP contribution in [-0.4, -0.2) is 57.2 Å². The van der Waals surface area contributed by atoms with Gasteiger partial charge in [-0.3, -0.25) is 28.2 Å². The minimum absolute atomic E-state index is 0.156. The number of benzene rings is 1. The molecule has 1 unspecified atom stereocenters. The average Bonchev–Trinajstić information content (AvgIpc) is 3.09. The zero-order valence-electron chi connectivity index (χ0n) is 20.0. The van der Waals surface area contributed by atoms with Crippen LogP contribution in [0.4, 0.5) is 4.39 Å². The van der Waals surface area contributed by atoms with Crippen molar-refractivity contribution in [2.45, 2.75) is 56.5 Å². The average molecular weight is 564 g/mol. The van der Waals surface area contributed by atoms with Gasteiger partial charge in [-0.2, -0.15) is 0 Å². The van der Waals surface area contributed by atoms with E-state index in [2.05, 4.69) is 5.09 Å². The Morgan fingerprint density at radius 1 is 1.32 bits per heavy atom. The molecule has 1 saturated heterocycles. The highest BCUT2D eigenvalue weighted by atomic mass is 35.5. The van der Waals surface area contributed by atoms with Crippen LogP contribution in [0.5, 0.6) is 0 Å². The molecule has 1 aliphatic rings. The summed E-state index contributed by atoms with van der Waals surface area (Å²) in [5, 5.41) is 9.91. The Hall–Kier alpha value is -2.38. The topological polar surface area (TPSA) is 158 Å². The molecular formula is C22H28ClFN3O9P. The van der Waals surface area contributed by atoms with Gasteiger partial charge in [-0.15, -0.1) is 0 Å². The smallest absolute Gasteiger partial charge is 0.406 e. The van der Waals surface area contributed by atoms with E-state index in [1.165, 1.54) is 6.92 Å². The van der Waals surface area contributed by atoms with Crippen LogP contribution in [0, 0.1) is 0 Å². The number of alkyl halides is 2. The molecule has 12 nitrogen and oxygen atoms in total. The number of halogens is 2. The lowest BCUT2D eigenvalue weighted by Gasteiger charge is -2.24. The second kappa shape index (κ2) is 12.4. The van der Waals surface area contributed by atoms with Crippen molar-refractivity contribution in [3.05, 3.63) is 69.0 Å². The Morgan fingerprint density at radius 2 is 2.03 bits per heavy atom. The molecule has 1 fully saturated rings. The molecule has 1 aromatic carbocycles.